The Morgan fingerprint density at radius 2 is 0.881 bits per heavy atom. The van der Waals surface area contributed by atoms with Crippen molar-refractivity contribution < 1.29 is 6.85 Å². The van der Waals surface area contributed by atoms with E-state index in [1.807, 2.05) is 91.0 Å². The third-order valence-electron chi connectivity index (χ3n) is 10.9. The molecule has 0 atom stereocenters. The molecule has 4 nitrogen and oxygen atoms in total. The first-order valence-corrected chi connectivity index (χ1v) is 19.5. The minimum Gasteiger partial charge on any atom is -0.309 e. The van der Waals surface area contributed by atoms with Gasteiger partial charge in [0.25, 0.3) is 0 Å². The molecule has 9 aromatic carbocycles. The first-order valence-electron chi connectivity index (χ1n) is 22.0. The van der Waals surface area contributed by atoms with Crippen LogP contribution in [0.2, 0.25) is 0 Å². The number of rotatable bonds is 7. The Kier molecular flexibility index (Phi) is 7.22. The Bertz CT molecular complexity index is 3570. The van der Waals surface area contributed by atoms with Crippen LogP contribution >= 0.6 is 0 Å². The molecule has 4 heteroatoms. The van der Waals surface area contributed by atoms with Crippen LogP contribution in [0, 0.1) is 0 Å². The summed E-state index contributed by atoms with van der Waals surface area (Å²) >= 11 is 0. The van der Waals surface area contributed by atoms with Crippen LogP contribution in [0.25, 0.3) is 106 Å². The molecule has 0 unspecified atom stereocenters. The van der Waals surface area contributed by atoms with E-state index in [4.69, 9.17) is 21.8 Å². The van der Waals surface area contributed by atoms with Crippen molar-refractivity contribution in [2.24, 2.45) is 0 Å². The fourth-order valence-corrected chi connectivity index (χ4v) is 8.17. The van der Waals surface area contributed by atoms with Gasteiger partial charge in [0.05, 0.1) is 17.9 Å². The minimum absolute atomic E-state index is 0.173. The number of hydrogen-bond donors (Lipinski definition) is 0. The summed E-state index contributed by atoms with van der Waals surface area (Å²) in [4.78, 5) is 15.2. The quantitative estimate of drug-likeness (QED) is 0.163. The van der Waals surface area contributed by atoms with Gasteiger partial charge in [-0.2, -0.15) is 0 Å². The van der Waals surface area contributed by atoms with E-state index in [1.54, 1.807) is 0 Å². The minimum atomic E-state index is -0.412. The smallest absolute Gasteiger partial charge is 0.164 e. The molecule has 2 heterocycles. The second-order valence-electron chi connectivity index (χ2n) is 14.5. The van der Waals surface area contributed by atoms with Gasteiger partial charge in [-0.1, -0.05) is 188 Å². The van der Waals surface area contributed by atoms with E-state index in [-0.39, 0.29) is 29.7 Å². The van der Waals surface area contributed by atoms with Crippen LogP contribution in [0.3, 0.4) is 0 Å². The molecule has 11 rings (SSSR count). The zero-order valence-electron chi connectivity index (χ0n) is 36.7. The molecular weight excluding hydrogens is 717 g/mol. The Morgan fingerprint density at radius 1 is 0.356 bits per heavy atom. The summed E-state index contributed by atoms with van der Waals surface area (Å²) in [6.45, 7) is 0. The maximum absolute atomic E-state index is 8.64. The molecule has 0 aliphatic carbocycles. The topological polar surface area (TPSA) is 43.6 Å². The van der Waals surface area contributed by atoms with Crippen molar-refractivity contribution in [3.63, 3.8) is 0 Å². The lowest BCUT2D eigenvalue weighted by Crippen LogP contribution is -2.01. The van der Waals surface area contributed by atoms with Crippen LogP contribution < -0.4 is 0 Å². The summed E-state index contributed by atoms with van der Waals surface area (Å²) in [6.07, 6.45) is 0. The lowest BCUT2D eigenvalue weighted by Gasteiger charge is -2.13. The van der Waals surface area contributed by atoms with Gasteiger partial charge < -0.3 is 4.57 Å². The molecule has 0 amide bonds. The normalized spacial score (nSPS) is 12.6. The zero-order valence-corrected chi connectivity index (χ0v) is 31.7. The summed E-state index contributed by atoms with van der Waals surface area (Å²) in [6, 6.07) is 62.2. The molecule has 0 saturated carbocycles. The lowest BCUT2D eigenvalue weighted by molar-refractivity contribution is 1.07. The van der Waals surface area contributed by atoms with Gasteiger partial charge in [0.2, 0.25) is 0 Å². The Labute approximate surface area is 349 Å². The number of nitrogens with zero attached hydrogens (tertiary/aromatic N) is 4. The first kappa shape index (κ1) is 29.3. The zero-order chi connectivity index (χ0) is 43.5. The molecule has 11 aromatic rings. The van der Waals surface area contributed by atoms with Crippen LogP contribution in [0.5, 0.6) is 0 Å². The standard InChI is InChI=1S/C55H36N4/c1-4-15-37(16-5-1)43-33-34-51-49(36-43)48-25-10-11-28-50(48)59(51)45-24-12-23-44(35-45)55-57-53(41-19-8-3-9-20-41)56-54(58-55)42-31-29-39(30-32-42)47-27-14-22-40-21-13-26-46(52(40)47)38-17-6-2-7-18-38/h1-36H/i1D,4D,5D,15D,16D. The monoisotopic (exact) mass is 757 g/mol. The second-order valence-corrected chi connectivity index (χ2v) is 14.5. The highest BCUT2D eigenvalue weighted by Crippen LogP contribution is 2.38. The van der Waals surface area contributed by atoms with Crippen molar-refractivity contribution in [2.75, 3.05) is 0 Å². The third-order valence-corrected chi connectivity index (χ3v) is 10.9. The van der Waals surface area contributed by atoms with E-state index >= 15 is 0 Å². The molecule has 0 aliphatic rings. The van der Waals surface area contributed by atoms with Crippen molar-refractivity contribution in [2.45, 2.75) is 0 Å². The molecule has 0 fully saturated rings. The highest BCUT2D eigenvalue weighted by Gasteiger charge is 2.17. The second kappa shape index (κ2) is 14.5. The molecule has 0 spiro atoms. The average Bonchev–Trinajstić information content (AvgIpc) is 3.69. The van der Waals surface area contributed by atoms with Crippen molar-refractivity contribution in [1.29, 1.82) is 0 Å². The van der Waals surface area contributed by atoms with E-state index in [0.29, 0.717) is 23.0 Å². The highest BCUT2D eigenvalue weighted by atomic mass is 15.0. The molecule has 0 saturated heterocycles. The van der Waals surface area contributed by atoms with E-state index in [2.05, 4.69) is 102 Å². The van der Waals surface area contributed by atoms with E-state index in [0.717, 1.165) is 55.3 Å². The predicted molar refractivity (Wildman–Crippen MR) is 244 cm³/mol. The van der Waals surface area contributed by atoms with Crippen molar-refractivity contribution in [1.82, 2.24) is 19.5 Å². The summed E-state index contributed by atoms with van der Waals surface area (Å²) in [5.74, 6) is 1.65. The molecule has 0 radical (unpaired) electrons. The largest absolute Gasteiger partial charge is 0.309 e. The number of aromatic nitrogens is 4. The van der Waals surface area contributed by atoms with E-state index in [9.17, 15) is 0 Å². The average molecular weight is 758 g/mol. The maximum Gasteiger partial charge on any atom is 0.164 e. The lowest BCUT2D eigenvalue weighted by atomic mass is 9.91. The van der Waals surface area contributed by atoms with Gasteiger partial charge in [0.1, 0.15) is 0 Å². The number of para-hydroxylation sites is 1. The highest BCUT2D eigenvalue weighted by molar-refractivity contribution is 6.10. The molecule has 0 N–H and O–H groups in total. The number of hydrogen-bond acceptors (Lipinski definition) is 3. The summed E-state index contributed by atoms with van der Waals surface area (Å²) in [5.41, 5.74) is 10.6. The van der Waals surface area contributed by atoms with Crippen LogP contribution in [-0.2, 0) is 0 Å². The van der Waals surface area contributed by atoms with Crippen LogP contribution in [0.1, 0.15) is 6.85 Å². The van der Waals surface area contributed by atoms with Gasteiger partial charge in [-0.3, -0.25) is 0 Å². The van der Waals surface area contributed by atoms with Gasteiger partial charge in [-0.25, -0.2) is 15.0 Å². The fraction of sp³-hybridized carbons (Fsp3) is 0. The van der Waals surface area contributed by atoms with Crippen molar-refractivity contribution in [3.8, 4) is 73.2 Å². The first-order chi connectivity index (χ1) is 31.3. The Balaban J connectivity index is 1.02. The maximum atomic E-state index is 8.64. The summed E-state index contributed by atoms with van der Waals surface area (Å²) < 4.78 is 44.1. The van der Waals surface area contributed by atoms with Gasteiger partial charge in [0, 0.05) is 33.2 Å². The van der Waals surface area contributed by atoms with Gasteiger partial charge in [-0.05, 0) is 74.5 Å². The summed E-state index contributed by atoms with van der Waals surface area (Å²) in [5, 5.41) is 4.24. The number of fused-ring (bicyclic) bond motifs is 4. The molecule has 276 valence electrons. The van der Waals surface area contributed by atoms with Crippen molar-refractivity contribution in [3.05, 3.63) is 218 Å². The van der Waals surface area contributed by atoms with Crippen molar-refractivity contribution >= 4 is 32.6 Å². The molecule has 0 aliphatic heterocycles. The molecule has 0 bridgehead atoms. The van der Waals surface area contributed by atoms with Crippen LogP contribution in [-0.4, -0.2) is 19.5 Å². The number of benzene rings is 9. The van der Waals surface area contributed by atoms with Gasteiger partial charge in [0.15, 0.2) is 17.5 Å². The molecular formula is C55H36N4. The fourth-order valence-electron chi connectivity index (χ4n) is 8.17. The summed E-state index contributed by atoms with van der Waals surface area (Å²) in [7, 11) is 0. The molecule has 59 heavy (non-hydrogen) atoms. The Morgan fingerprint density at radius 3 is 1.59 bits per heavy atom. The van der Waals surface area contributed by atoms with Gasteiger partial charge in [-0.15, -0.1) is 0 Å². The SMILES string of the molecule is [2H]c1c([2H])c([2H])c(-c2ccc3c(c2)c2ccccc2n3-c2cccc(-c3nc(-c4ccccc4)nc(-c4ccc(-c5cccc6cccc(-c7ccccc7)c56)cc4)n3)c2)c([2H])c1[2H]. The Hall–Kier alpha value is -7.95. The van der Waals surface area contributed by atoms with Crippen LogP contribution in [0.4, 0.5) is 0 Å². The third kappa shape index (κ3) is 6.24. The van der Waals surface area contributed by atoms with Gasteiger partial charge >= 0.3 is 0 Å². The predicted octanol–water partition coefficient (Wildman–Crippen LogP) is 14.1. The van der Waals surface area contributed by atoms with E-state index < -0.39 is 6.04 Å². The molecule has 2 aromatic heterocycles. The van der Waals surface area contributed by atoms with E-state index in [1.165, 1.54) is 21.9 Å². The van der Waals surface area contributed by atoms with Crippen LogP contribution in [0.15, 0.2) is 218 Å².